The van der Waals surface area contributed by atoms with Crippen LogP contribution < -0.4 is 5.32 Å². The number of methoxy groups -OCH3 is 1. The molecule has 0 radical (unpaired) electrons. The standard InChI is InChI=1S/C15H23N3O3/c1-10-13(14(15(20)21-3)17-18(10)2)16-12(19)9-8-11-6-4-5-7-11/h11H,4-9H2,1-3H3,(H,16,19). The second kappa shape index (κ2) is 6.74. The van der Waals surface area contributed by atoms with E-state index >= 15 is 0 Å². The van der Waals surface area contributed by atoms with Gasteiger partial charge in [0.2, 0.25) is 5.91 Å². The van der Waals surface area contributed by atoms with Gasteiger partial charge in [0.15, 0.2) is 5.69 Å². The van der Waals surface area contributed by atoms with Gasteiger partial charge in [-0.1, -0.05) is 25.7 Å². The number of hydrogen-bond acceptors (Lipinski definition) is 4. The van der Waals surface area contributed by atoms with E-state index in [1.807, 2.05) is 6.92 Å². The third-order valence-electron chi connectivity index (χ3n) is 4.23. The summed E-state index contributed by atoms with van der Waals surface area (Å²) in [4.78, 5) is 23.8. The molecule has 1 amide bonds. The maximum absolute atomic E-state index is 12.1. The number of ether oxygens (including phenoxy) is 1. The predicted octanol–water partition coefficient (Wildman–Crippen LogP) is 2.42. The van der Waals surface area contributed by atoms with Crippen LogP contribution in [0.3, 0.4) is 0 Å². The van der Waals surface area contributed by atoms with Crippen LogP contribution in [0.1, 0.15) is 54.7 Å². The van der Waals surface area contributed by atoms with Crippen molar-refractivity contribution in [1.82, 2.24) is 9.78 Å². The number of hydrogen-bond donors (Lipinski definition) is 1. The topological polar surface area (TPSA) is 73.2 Å². The summed E-state index contributed by atoms with van der Waals surface area (Å²) < 4.78 is 6.27. The second-order valence-electron chi connectivity index (χ2n) is 5.66. The van der Waals surface area contributed by atoms with Gasteiger partial charge in [0.25, 0.3) is 0 Å². The highest BCUT2D eigenvalue weighted by molar-refractivity contribution is 6.00. The summed E-state index contributed by atoms with van der Waals surface area (Å²) in [5, 5.41) is 6.91. The number of anilines is 1. The molecule has 1 aliphatic rings. The molecule has 0 unspecified atom stereocenters. The van der Waals surface area contributed by atoms with Crippen LogP contribution in [0, 0.1) is 12.8 Å². The number of carbonyl (C=O) groups excluding carboxylic acids is 2. The van der Waals surface area contributed by atoms with E-state index in [-0.39, 0.29) is 11.6 Å². The van der Waals surface area contributed by atoms with Crippen molar-refractivity contribution in [2.24, 2.45) is 13.0 Å². The summed E-state index contributed by atoms with van der Waals surface area (Å²) in [7, 11) is 3.04. The predicted molar refractivity (Wildman–Crippen MR) is 79.1 cm³/mol. The number of amides is 1. The number of nitrogens with zero attached hydrogens (tertiary/aromatic N) is 2. The molecule has 6 nitrogen and oxygen atoms in total. The Morgan fingerprint density at radius 2 is 2.05 bits per heavy atom. The normalized spacial score (nSPS) is 15.2. The fourth-order valence-electron chi connectivity index (χ4n) is 2.83. The molecule has 1 saturated carbocycles. The molecule has 0 bridgehead atoms. The molecule has 1 heterocycles. The number of aromatic nitrogens is 2. The summed E-state index contributed by atoms with van der Waals surface area (Å²) in [5.41, 5.74) is 1.36. The molecule has 0 aromatic carbocycles. The minimum Gasteiger partial charge on any atom is -0.464 e. The quantitative estimate of drug-likeness (QED) is 0.846. The summed E-state index contributed by atoms with van der Waals surface area (Å²) in [6, 6.07) is 0. The SMILES string of the molecule is COC(=O)c1nn(C)c(C)c1NC(=O)CCC1CCCC1. The van der Waals surface area contributed by atoms with Crippen molar-refractivity contribution < 1.29 is 14.3 Å². The maximum Gasteiger partial charge on any atom is 0.360 e. The molecule has 2 rings (SSSR count). The number of rotatable bonds is 5. The van der Waals surface area contributed by atoms with Gasteiger partial charge >= 0.3 is 5.97 Å². The van der Waals surface area contributed by atoms with Crippen LogP contribution in [-0.2, 0) is 16.6 Å². The smallest absolute Gasteiger partial charge is 0.360 e. The van der Waals surface area contributed by atoms with E-state index in [2.05, 4.69) is 10.4 Å². The molecule has 0 spiro atoms. The molecular weight excluding hydrogens is 270 g/mol. The number of nitrogens with one attached hydrogen (secondary N) is 1. The number of esters is 1. The molecule has 0 atom stereocenters. The number of carbonyl (C=O) groups is 2. The van der Waals surface area contributed by atoms with Crippen LogP contribution in [0.15, 0.2) is 0 Å². The summed E-state index contributed by atoms with van der Waals surface area (Å²) in [5.74, 6) is 0.0683. The Balaban J connectivity index is 2.00. The van der Waals surface area contributed by atoms with E-state index in [4.69, 9.17) is 4.74 Å². The van der Waals surface area contributed by atoms with Crippen molar-refractivity contribution in [3.05, 3.63) is 11.4 Å². The van der Waals surface area contributed by atoms with Crippen LogP contribution in [0.2, 0.25) is 0 Å². The van der Waals surface area contributed by atoms with Gasteiger partial charge in [0.05, 0.1) is 18.5 Å². The average Bonchev–Trinajstić information content (AvgIpc) is 3.08. The highest BCUT2D eigenvalue weighted by Gasteiger charge is 2.22. The monoisotopic (exact) mass is 293 g/mol. The minimum absolute atomic E-state index is 0.0665. The Kier molecular flexibility index (Phi) is 4.98. The first-order valence-corrected chi connectivity index (χ1v) is 7.44. The van der Waals surface area contributed by atoms with Gasteiger partial charge in [0.1, 0.15) is 0 Å². The molecule has 1 N–H and O–H groups in total. The van der Waals surface area contributed by atoms with Crippen molar-refractivity contribution in [3.63, 3.8) is 0 Å². The first-order chi connectivity index (χ1) is 10.0. The van der Waals surface area contributed by atoms with Crippen molar-refractivity contribution >= 4 is 17.6 Å². The molecule has 21 heavy (non-hydrogen) atoms. The maximum atomic E-state index is 12.1. The molecule has 1 aromatic heterocycles. The third kappa shape index (κ3) is 3.62. The van der Waals surface area contributed by atoms with Crippen molar-refractivity contribution in [2.75, 3.05) is 12.4 Å². The Morgan fingerprint density at radius 1 is 1.38 bits per heavy atom. The fourth-order valence-corrected chi connectivity index (χ4v) is 2.83. The van der Waals surface area contributed by atoms with Gasteiger partial charge in [-0.05, 0) is 19.3 Å². The molecule has 1 fully saturated rings. The van der Waals surface area contributed by atoms with Crippen LogP contribution in [-0.4, -0.2) is 28.8 Å². The van der Waals surface area contributed by atoms with Gasteiger partial charge < -0.3 is 10.1 Å². The van der Waals surface area contributed by atoms with E-state index < -0.39 is 5.97 Å². The lowest BCUT2D eigenvalue weighted by atomic mass is 10.0. The van der Waals surface area contributed by atoms with Gasteiger partial charge in [-0.25, -0.2) is 4.79 Å². The molecule has 6 heteroatoms. The summed E-state index contributed by atoms with van der Waals surface area (Å²) >= 11 is 0. The Morgan fingerprint density at radius 3 is 2.67 bits per heavy atom. The number of aryl methyl sites for hydroxylation is 1. The molecule has 1 aromatic rings. The van der Waals surface area contributed by atoms with Gasteiger partial charge in [-0.15, -0.1) is 0 Å². The summed E-state index contributed by atoms with van der Waals surface area (Å²) in [6.45, 7) is 1.81. The van der Waals surface area contributed by atoms with E-state index in [9.17, 15) is 9.59 Å². The lowest BCUT2D eigenvalue weighted by Crippen LogP contribution is -2.16. The van der Waals surface area contributed by atoms with E-state index in [1.165, 1.54) is 32.8 Å². The van der Waals surface area contributed by atoms with Crippen LogP contribution in [0.25, 0.3) is 0 Å². The minimum atomic E-state index is -0.537. The summed E-state index contributed by atoms with van der Waals surface area (Å²) in [6.07, 6.45) is 6.42. The lowest BCUT2D eigenvalue weighted by molar-refractivity contribution is -0.116. The first-order valence-electron chi connectivity index (χ1n) is 7.44. The molecule has 1 aliphatic carbocycles. The van der Waals surface area contributed by atoms with Gasteiger partial charge in [0, 0.05) is 13.5 Å². The van der Waals surface area contributed by atoms with E-state index in [0.29, 0.717) is 18.0 Å². The fraction of sp³-hybridized carbons (Fsp3) is 0.667. The molecular formula is C15H23N3O3. The van der Waals surface area contributed by atoms with Gasteiger partial charge in [-0.2, -0.15) is 5.10 Å². The highest BCUT2D eigenvalue weighted by Crippen LogP contribution is 2.29. The largest absolute Gasteiger partial charge is 0.464 e. The van der Waals surface area contributed by atoms with Gasteiger partial charge in [-0.3, -0.25) is 9.48 Å². The van der Waals surface area contributed by atoms with Crippen LogP contribution >= 0.6 is 0 Å². The Hall–Kier alpha value is -1.85. The van der Waals surface area contributed by atoms with Crippen molar-refractivity contribution in [2.45, 2.75) is 45.4 Å². The Bertz CT molecular complexity index is 531. The molecule has 116 valence electrons. The highest BCUT2D eigenvalue weighted by atomic mass is 16.5. The zero-order valence-electron chi connectivity index (χ0n) is 12.9. The Labute approximate surface area is 124 Å². The zero-order valence-corrected chi connectivity index (χ0v) is 12.9. The van der Waals surface area contributed by atoms with E-state index in [1.54, 1.807) is 11.7 Å². The van der Waals surface area contributed by atoms with E-state index in [0.717, 1.165) is 12.1 Å². The van der Waals surface area contributed by atoms with Crippen molar-refractivity contribution in [1.29, 1.82) is 0 Å². The zero-order chi connectivity index (χ0) is 15.4. The third-order valence-corrected chi connectivity index (χ3v) is 4.23. The molecule has 0 aliphatic heterocycles. The first kappa shape index (κ1) is 15.5. The average molecular weight is 293 g/mol. The second-order valence-corrected chi connectivity index (χ2v) is 5.66. The van der Waals surface area contributed by atoms with Crippen LogP contribution in [0.4, 0.5) is 5.69 Å². The molecule has 0 saturated heterocycles. The van der Waals surface area contributed by atoms with Crippen LogP contribution in [0.5, 0.6) is 0 Å². The lowest BCUT2D eigenvalue weighted by Gasteiger charge is -2.09. The van der Waals surface area contributed by atoms with Crippen molar-refractivity contribution in [3.8, 4) is 0 Å².